The number of Topliss-reactive ketones (excluding diaryl/α,β-unsaturated/α-hetero) is 1. The lowest BCUT2D eigenvalue weighted by atomic mass is 9.89. The summed E-state index contributed by atoms with van der Waals surface area (Å²) < 4.78 is 0. The SMILES string of the molecule is CCCCC(=O)CCC/C=C\C[C@@H]1[C@@H](/C=C/[C@@H](O)CCc2ccccc2)[C@H](O)C[C@@H]1O. The van der Waals surface area contributed by atoms with E-state index < -0.39 is 18.3 Å². The van der Waals surface area contributed by atoms with Gasteiger partial charge in [0.2, 0.25) is 0 Å². The van der Waals surface area contributed by atoms with Crippen molar-refractivity contribution in [2.24, 2.45) is 11.8 Å². The van der Waals surface area contributed by atoms with Crippen LogP contribution in [0.4, 0.5) is 0 Å². The van der Waals surface area contributed by atoms with Crippen molar-refractivity contribution >= 4 is 5.78 Å². The molecule has 4 nitrogen and oxygen atoms in total. The zero-order valence-corrected chi connectivity index (χ0v) is 18.9. The number of aryl methyl sites for hydroxylation is 1. The minimum absolute atomic E-state index is 0.0463. The topological polar surface area (TPSA) is 77.8 Å². The van der Waals surface area contributed by atoms with Crippen molar-refractivity contribution in [1.82, 2.24) is 0 Å². The first kappa shape index (κ1) is 25.5. The molecule has 5 atom stereocenters. The number of benzene rings is 1. The molecule has 1 saturated carbocycles. The largest absolute Gasteiger partial charge is 0.393 e. The number of carbonyl (C=O) groups excluding carboxylic acids is 1. The van der Waals surface area contributed by atoms with E-state index in [1.807, 2.05) is 24.3 Å². The molecule has 3 N–H and O–H groups in total. The molecule has 0 amide bonds. The highest BCUT2D eigenvalue weighted by atomic mass is 16.3. The van der Waals surface area contributed by atoms with E-state index in [1.54, 1.807) is 6.08 Å². The molecule has 2 rings (SSSR count). The van der Waals surface area contributed by atoms with E-state index in [4.69, 9.17) is 0 Å². The van der Waals surface area contributed by atoms with Gasteiger partial charge in [0, 0.05) is 25.2 Å². The third kappa shape index (κ3) is 9.51. The normalized spacial score (nSPS) is 24.9. The summed E-state index contributed by atoms with van der Waals surface area (Å²) in [5.74, 6) is 0.150. The summed E-state index contributed by atoms with van der Waals surface area (Å²) in [7, 11) is 0. The summed E-state index contributed by atoms with van der Waals surface area (Å²) in [6, 6.07) is 10.1. The fourth-order valence-electron chi connectivity index (χ4n) is 4.31. The first-order chi connectivity index (χ1) is 15.0. The van der Waals surface area contributed by atoms with Gasteiger partial charge in [0.25, 0.3) is 0 Å². The van der Waals surface area contributed by atoms with Crippen molar-refractivity contribution in [3.63, 3.8) is 0 Å². The number of ketones is 1. The van der Waals surface area contributed by atoms with E-state index in [0.717, 1.165) is 32.1 Å². The smallest absolute Gasteiger partial charge is 0.132 e. The molecule has 0 heterocycles. The van der Waals surface area contributed by atoms with Crippen LogP contribution in [0.1, 0.15) is 70.3 Å². The van der Waals surface area contributed by atoms with Crippen LogP contribution in [0.3, 0.4) is 0 Å². The fourth-order valence-corrected chi connectivity index (χ4v) is 4.31. The Labute approximate surface area is 187 Å². The van der Waals surface area contributed by atoms with Crippen LogP contribution in [-0.4, -0.2) is 39.4 Å². The maximum Gasteiger partial charge on any atom is 0.132 e. The maximum atomic E-state index is 11.7. The summed E-state index contributed by atoms with van der Waals surface area (Å²) in [6.07, 6.45) is 13.7. The van der Waals surface area contributed by atoms with Crippen LogP contribution in [0.2, 0.25) is 0 Å². The van der Waals surface area contributed by atoms with Gasteiger partial charge < -0.3 is 15.3 Å². The molecule has 1 aromatic carbocycles. The van der Waals surface area contributed by atoms with Crippen molar-refractivity contribution < 1.29 is 20.1 Å². The highest BCUT2D eigenvalue weighted by molar-refractivity contribution is 5.78. The quantitative estimate of drug-likeness (QED) is 0.295. The van der Waals surface area contributed by atoms with Crippen LogP contribution >= 0.6 is 0 Å². The van der Waals surface area contributed by atoms with Crippen molar-refractivity contribution in [3.8, 4) is 0 Å². The Bertz CT molecular complexity index is 682. The molecule has 0 unspecified atom stereocenters. The van der Waals surface area contributed by atoms with Crippen LogP contribution in [0, 0.1) is 11.8 Å². The van der Waals surface area contributed by atoms with Gasteiger partial charge in [-0.15, -0.1) is 0 Å². The number of hydrogen-bond acceptors (Lipinski definition) is 4. The van der Waals surface area contributed by atoms with Gasteiger partial charge in [-0.1, -0.05) is 68.0 Å². The molecule has 0 aromatic heterocycles. The van der Waals surface area contributed by atoms with Gasteiger partial charge in [-0.05, 0) is 50.0 Å². The Morgan fingerprint density at radius 1 is 1.10 bits per heavy atom. The van der Waals surface area contributed by atoms with Crippen LogP contribution in [-0.2, 0) is 11.2 Å². The van der Waals surface area contributed by atoms with Gasteiger partial charge in [0.05, 0.1) is 18.3 Å². The Balaban J connectivity index is 1.75. The summed E-state index contributed by atoms with van der Waals surface area (Å²) in [5, 5.41) is 31.0. The molecular formula is C27H40O4. The fraction of sp³-hybridized carbons (Fsp3) is 0.593. The Morgan fingerprint density at radius 2 is 1.84 bits per heavy atom. The predicted molar refractivity (Wildman–Crippen MR) is 126 cm³/mol. The van der Waals surface area contributed by atoms with Gasteiger partial charge in [-0.25, -0.2) is 0 Å². The third-order valence-electron chi connectivity index (χ3n) is 6.25. The number of aliphatic hydroxyl groups is 3. The van der Waals surface area contributed by atoms with Crippen molar-refractivity contribution in [1.29, 1.82) is 0 Å². The second-order valence-corrected chi connectivity index (χ2v) is 8.83. The van der Waals surface area contributed by atoms with E-state index in [-0.39, 0.29) is 11.8 Å². The number of hydrogen-bond donors (Lipinski definition) is 3. The zero-order chi connectivity index (χ0) is 22.5. The van der Waals surface area contributed by atoms with Crippen LogP contribution < -0.4 is 0 Å². The number of unbranched alkanes of at least 4 members (excludes halogenated alkanes) is 2. The second kappa shape index (κ2) is 14.3. The van der Waals surface area contributed by atoms with E-state index >= 15 is 0 Å². The van der Waals surface area contributed by atoms with Gasteiger partial charge >= 0.3 is 0 Å². The molecule has 4 heteroatoms. The monoisotopic (exact) mass is 428 g/mol. The molecule has 0 saturated heterocycles. The third-order valence-corrected chi connectivity index (χ3v) is 6.25. The van der Waals surface area contributed by atoms with Crippen molar-refractivity contribution in [3.05, 3.63) is 60.2 Å². The van der Waals surface area contributed by atoms with Crippen LogP contribution in [0.25, 0.3) is 0 Å². The Hall–Kier alpha value is -1.75. The van der Waals surface area contributed by atoms with E-state index in [2.05, 4.69) is 31.2 Å². The van der Waals surface area contributed by atoms with Crippen LogP contribution in [0.5, 0.6) is 0 Å². The number of allylic oxidation sites excluding steroid dienone is 2. The highest BCUT2D eigenvalue weighted by Crippen LogP contribution is 2.36. The van der Waals surface area contributed by atoms with Crippen LogP contribution in [0.15, 0.2) is 54.6 Å². The first-order valence-electron chi connectivity index (χ1n) is 11.9. The molecule has 0 spiro atoms. The van der Waals surface area contributed by atoms with Gasteiger partial charge in [-0.3, -0.25) is 4.79 Å². The zero-order valence-electron chi connectivity index (χ0n) is 18.9. The summed E-state index contributed by atoms with van der Waals surface area (Å²) >= 11 is 0. The minimum Gasteiger partial charge on any atom is -0.393 e. The van der Waals surface area contributed by atoms with E-state index in [9.17, 15) is 20.1 Å². The summed E-state index contributed by atoms with van der Waals surface area (Å²) in [6.45, 7) is 2.10. The van der Waals surface area contributed by atoms with Gasteiger partial charge in [-0.2, -0.15) is 0 Å². The Kier molecular flexibility index (Phi) is 11.8. The molecule has 0 aliphatic heterocycles. The molecule has 1 aliphatic carbocycles. The van der Waals surface area contributed by atoms with E-state index in [1.165, 1.54) is 5.56 Å². The lowest BCUT2D eigenvalue weighted by Crippen LogP contribution is -2.20. The number of aliphatic hydroxyl groups excluding tert-OH is 3. The average Bonchev–Trinajstić information content (AvgIpc) is 3.04. The molecule has 0 radical (unpaired) electrons. The highest BCUT2D eigenvalue weighted by Gasteiger charge is 2.39. The summed E-state index contributed by atoms with van der Waals surface area (Å²) in [4.78, 5) is 11.7. The number of carbonyl (C=O) groups is 1. The molecule has 0 bridgehead atoms. The van der Waals surface area contributed by atoms with E-state index in [0.29, 0.717) is 37.9 Å². The average molecular weight is 429 g/mol. The molecule has 1 fully saturated rings. The van der Waals surface area contributed by atoms with Crippen molar-refractivity contribution in [2.75, 3.05) is 0 Å². The molecule has 1 aromatic rings. The lowest BCUT2D eigenvalue weighted by molar-refractivity contribution is -0.119. The van der Waals surface area contributed by atoms with Crippen molar-refractivity contribution in [2.45, 2.75) is 89.4 Å². The summed E-state index contributed by atoms with van der Waals surface area (Å²) in [5.41, 5.74) is 1.20. The standard InChI is InChI=1S/C27H40O4/c1-2-3-13-22(28)14-9-4-5-10-15-24-25(27(31)20-26(24)30)19-18-23(29)17-16-21-11-7-6-8-12-21/h5-8,10-12,18-19,23-27,29-31H,2-4,9,13-17,20H2,1H3/b10-5-,19-18+/t23-,24+,25+,26-,27+/m0/s1. The molecule has 31 heavy (non-hydrogen) atoms. The van der Waals surface area contributed by atoms with Gasteiger partial charge in [0.15, 0.2) is 0 Å². The van der Waals surface area contributed by atoms with Gasteiger partial charge in [0.1, 0.15) is 5.78 Å². The lowest BCUT2D eigenvalue weighted by Gasteiger charge is -2.19. The molecule has 1 aliphatic rings. The molecule has 172 valence electrons. The second-order valence-electron chi connectivity index (χ2n) is 8.83. The first-order valence-corrected chi connectivity index (χ1v) is 11.9. The Morgan fingerprint density at radius 3 is 2.58 bits per heavy atom. The maximum absolute atomic E-state index is 11.7. The minimum atomic E-state index is -0.581. The predicted octanol–water partition coefficient (Wildman–Crippen LogP) is 4.77. The molecular weight excluding hydrogens is 388 g/mol. The number of rotatable bonds is 14.